The number of aromatic amines is 1. The highest BCUT2D eigenvalue weighted by molar-refractivity contribution is 6.31. The minimum atomic E-state index is -0.302. The van der Waals surface area contributed by atoms with Crippen molar-refractivity contribution in [1.82, 2.24) is 15.2 Å². The van der Waals surface area contributed by atoms with Crippen LogP contribution in [0.3, 0.4) is 0 Å². The summed E-state index contributed by atoms with van der Waals surface area (Å²) in [4.78, 5) is 14.8. The van der Waals surface area contributed by atoms with Gasteiger partial charge in [0.05, 0.1) is 0 Å². The van der Waals surface area contributed by atoms with Crippen molar-refractivity contribution < 1.29 is 0 Å². The summed E-state index contributed by atoms with van der Waals surface area (Å²) in [7, 11) is 0. The molecule has 5 nitrogen and oxygen atoms in total. The summed E-state index contributed by atoms with van der Waals surface area (Å²) < 4.78 is 0. The maximum atomic E-state index is 12.2. The Labute approximate surface area is 132 Å². The lowest BCUT2D eigenvalue weighted by Crippen LogP contribution is -2.15. The Morgan fingerprint density at radius 3 is 2.55 bits per heavy atom. The van der Waals surface area contributed by atoms with E-state index in [1.165, 1.54) is 0 Å². The molecule has 1 aromatic heterocycles. The number of nitrogens with one attached hydrogen (secondary N) is 2. The zero-order valence-electron chi connectivity index (χ0n) is 11.8. The molecule has 6 heteroatoms. The van der Waals surface area contributed by atoms with Crippen LogP contribution < -0.4 is 10.9 Å². The van der Waals surface area contributed by atoms with E-state index in [-0.39, 0.29) is 17.2 Å². The van der Waals surface area contributed by atoms with E-state index in [2.05, 4.69) is 20.5 Å². The second-order valence-electron chi connectivity index (χ2n) is 4.75. The minimum Gasteiger partial charge on any atom is -0.324 e. The molecule has 3 rings (SSSR count). The Kier molecular flexibility index (Phi) is 3.89. The predicted molar refractivity (Wildman–Crippen MR) is 87.6 cm³/mol. The normalized spacial score (nSPS) is 10.5. The van der Waals surface area contributed by atoms with E-state index >= 15 is 0 Å². The summed E-state index contributed by atoms with van der Waals surface area (Å²) in [6.07, 6.45) is 0. The molecule has 22 heavy (non-hydrogen) atoms. The van der Waals surface area contributed by atoms with E-state index in [0.717, 1.165) is 16.8 Å². The first-order valence-corrected chi connectivity index (χ1v) is 7.07. The highest BCUT2D eigenvalue weighted by atomic mass is 35.5. The highest BCUT2D eigenvalue weighted by Crippen LogP contribution is 2.24. The molecule has 2 aromatic carbocycles. The Morgan fingerprint density at radius 1 is 1.05 bits per heavy atom. The molecule has 1 heterocycles. The second kappa shape index (κ2) is 5.99. The molecular weight excluding hydrogens is 300 g/mol. The summed E-state index contributed by atoms with van der Waals surface area (Å²) in [5.41, 5.74) is 2.35. The number of hydrogen-bond donors (Lipinski definition) is 2. The van der Waals surface area contributed by atoms with Gasteiger partial charge in [0.25, 0.3) is 5.56 Å². The summed E-state index contributed by atoms with van der Waals surface area (Å²) in [5.74, 6) is 0.273. The average Bonchev–Trinajstić information content (AvgIpc) is 2.53. The molecule has 2 N–H and O–H groups in total. The van der Waals surface area contributed by atoms with Gasteiger partial charge in [-0.2, -0.15) is 0 Å². The van der Waals surface area contributed by atoms with Crippen LogP contribution in [0.4, 0.5) is 11.6 Å². The Balaban J connectivity index is 1.93. The fraction of sp³-hybridized carbons (Fsp3) is 0.0625. The van der Waals surface area contributed by atoms with Gasteiger partial charge in [-0.1, -0.05) is 48.0 Å². The lowest BCUT2D eigenvalue weighted by Gasteiger charge is -2.09. The number of rotatable bonds is 3. The van der Waals surface area contributed by atoms with Gasteiger partial charge in [-0.15, -0.1) is 10.2 Å². The number of aromatic nitrogens is 3. The van der Waals surface area contributed by atoms with E-state index in [1.54, 1.807) is 6.07 Å². The third-order valence-electron chi connectivity index (χ3n) is 3.26. The Morgan fingerprint density at radius 2 is 1.82 bits per heavy atom. The number of benzene rings is 2. The van der Waals surface area contributed by atoms with E-state index in [4.69, 9.17) is 11.6 Å². The molecule has 0 aliphatic heterocycles. The number of anilines is 2. The zero-order chi connectivity index (χ0) is 15.5. The highest BCUT2D eigenvalue weighted by Gasteiger charge is 2.08. The monoisotopic (exact) mass is 312 g/mol. The number of hydrogen-bond acceptors (Lipinski definition) is 4. The van der Waals surface area contributed by atoms with Gasteiger partial charge in [0, 0.05) is 16.3 Å². The van der Waals surface area contributed by atoms with Crippen molar-refractivity contribution in [2.24, 2.45) is 0 Å². The molecule has 0 spiro atoms. The standard InChI is InChI=1S/C16H13ClN4O/c1-10-12(17)8-5-9-13(10)18-16-19-15(22)14(20-21-16)11-6-3-2-4-7-11/h2-9H,1H3,(H2,18,19,21,22). The van der Waals surface area contributed by atoms with E-state index in [0.29, 0.717) is 5.02 Å². The number of halogens is 1. The molecular formula is C16H13ClN4O. The quantitative estimate of drug-likeness (QED) is 0.776. The van der Waals surface area contributed by atoms with Gasteiger partial charge in [0.1, 0.15) is 0 Å². The molecule has 0 amide bonds. The van der Waals surface area contributed by atoms with E-state index in [9.17, 15) is 4.79 Å². The average molecular weight is 313 g/mol. The van der Waals surface area contributed by atoms with Gasteiger partial charge in [-0.25, -0.2) is 0 Å². The fourth-order valence-corrected chi connectivity index (χ4v) is 2.22. The molecule has 0 bridgehead atoms. The predicted octanol–water partition coefficient (Wildman–Crippen LogP) is 3.54. The van der Waals surface area contributed by atoms with Crippen LogP contribution in [0.2, 0.25) is 5.02 Å². The van der Waals surface area contributed by atoms with Crippen LogP contribution in [0.15, 0.2) is 53.3 Å². The maximum absolute atomic E-state index is 12.2. The van der Waals surface area contributed by atoms with Gasteiger partial charge in [-0.05, 0) is 24.6 Å². The van der Waals surface area contributed by atoms with Crippen LogP contribution in [0.25, 0.3) is 11.3 Å². The lowest BCUT2D eigenvalue weighted by molar-refractivity contribution is 0.961. The first-order valence-electron chi connectivity index (χ1n) is 6.70. The summed E-state index contributed by atoms with van der Waals surface area (Å²) >= 11 is 6.07. The topological polar surface area (TPSA) is 70.7 Å². The van der Waals surface area contributed by atoms with Crippen molar-refractivity contribution in [2.45, 2.75) is 6.92 Å². The van der Waals surface area contributed by atoms with E-state index < -0.39 is 0 Å². The fourth-order valence-electron chi connectivity index (χ4n) is 2.05. The first kappa shape index (κ1) is 14.3. The van der Waals surface area contributed by atoms with Crippen molar-refractivity contribution in [3.63, 3.8) is 0 Å². The minimum absolute atomic E-state index is 0.273. The summed E-state index contributed by atoms with van der Waals surface area (Å²) in [6.45, 7) is 1.88. The second-order valence-corrected chi connectivity index (χ2v) is 5.16. The van der Waals surface area contributed by atoms with Crippen molar-refractivity contribution >= 4 is 23.2 Å². The SMILES string of the molecule is Cc1c(Cl)cccc1Nc1nnc(-c2ccccc2)c(=O)[nH]1. The molecule has 0 saturated carbocycles. The molecule has 0 aliphatic carbocycles. The van der Waals surface area contributed by atoms with Crippen LogP contribution in [0.5, 0.6) is 0 Å². The van der Waals surface area contributed by atoms with Gasteiger partial charge >= 0.3 is 0 Å². The van der Waals surface area contributed by atoms with Gasteiger partial charge in [0.2, 0.25) is 5.95 Å². The zero-order valence-corrected chi connectivity index (χ0v) is 12.6. The maximum Gasteiger partial charge on any atom is 0.279 e. The van der Waals surface area contributed by atoms with Gasteiger partial charge in [0.15, 0.2) is 5.69 Å². The van der Waals surface area contributed by atoms with Crippen LogP contribution in [-0.2, 0) is 0 Å². The first-order chi connectivity index (χ1) is 10.6. The third-order valence-corrected chi connectivity index (χ3v) is 3.67. The summed E-state index contributed by atoms with van der Waals surface area (Å²) in [5, 5.41) is 11.7. The molecule has 0 aliphatic rings. The molecule has 0 saturated heterocycles. The van der Waals surface area contributed by atoms with Crippen molar-refractivity contribution in [2.75, 3.05) is 5.32 Å². The molecule has 3 aromatic rings. The van der Waals surface area contributed by atoms with Crippen molar-refractivity contribution in [3.05, 3.63) is 69.5 Å². The Hall–Kier alpha value is -2.66. The molecule has 0 radical (unpaired) electrons. The van der Waals surface area contributed by atoms with Crippen LogP contribution in [-0.4, -0.2) is 15.2 Å². The summed E-state index contributed by atoms with van der Waals surface area (Å²) in [6, 6.07) is 14.7. The molecule has 0 atom stereocenters. The third kappa shape index (κ3) is 2.84. The Bertz CT molecular complexity index is 862. The molecule has 0 unspecified atom stereocenters. The lowest BCUT2D eigenvalue weighted by atomic mass is 10.2. The van der Waals surface area contributed by atoms with Gasteiger partial charge in [-0.3, -0.25) is 9.78 Å². The van der Waals surface area contributed by atoms with Crippen molar-refractivity contribution in [3.8, 4) is 11.3 Å². The largest absolute Gasteiger partial charge is 0.324 e. The van der Waals surface area contributed by atoms with Crippen LogP contribution in [0, 0.1) is 6.92 Å². The molecule has 110 valence electrons. The van der Waals surface area contributed by atoms with Gasteiger partial charge < -0.3 is 5.32 Å². The van der Waals surface area contributed by atoms with Crippen LogP contribution in [0.1, 0.15) is 5.56 Å². The van der Waals surface area contributed by atoms with E-state index in [1.807, 2.05) is 49.4 Å². The number of H-pyrrole nitrogens is 1. The molecule has 0 fully saturated rings. The number of nitrogens with zero attached hydrogens (tertiary/aromatic N) is 2. The van der Waals surface area contributed by atoms with Crippen molar-refractivity contribution in [1.29, 1.82) is 0 Å². The smallest absolute Gasteiger partial charge is 0.279 e. The van der Waals surface area contributed by atoms with Crippen LogP contribution >= 0.6 is 11.6 Å².